The molecule has 29 heavy (non-hydrogen) atoms. The second-order valence-electron chi connectivity index (χ2n) is 6.55. The van der Waals surface area contributed by atoms with E-state index in [1.807, 2.05) is 0 Å². The Balaban J connectivity index is 1.87. The molecule has 0 aliphatic heterocycles. The van der Waals surface area contributed by atoms with Crippen LogP contribution in [0.2, 0.25) is 0 Å². The molecule has 0 unspecified atom stereocenters. The van der Waals surface area contributed by atoms with Crippen LogP contribution in [0.4, 0.5) is 0 Å². The highest BCUT2D eigenvalue weighted by atomic mass is 16.5. The summed E-state index contributed by atoms with van der Waals surface area (Å²) in [7, 11) is 0. The lowest BCUT2D eigenvalue weighted by molar-refractivity contribution is -0.137. The molecule has 0 saturated heterocycles. The Morgan fingerprint density at radius 3 is 2.14 bits per heavy atom. The molecule has 0 aliphatic carbocycles. The molecule has 1 N–H and O–H groups in total. The molecule has 0 amide bonds. The van der Waals surface area contributed by atoms with Gasteiger partial charge in [-0.3, -0.25) is 4.79 Å². The second kappa shape index (κ2) is 12.5. The Labute approximate surface area is 172 Å². The van der Waals surface area contributed by atoms with Gasteiger partial charge in [-0.2, -0.15) is 0 Å². The molecule has 0 saturated carbocycles. The van der Waals surface area contributed by atoms with Crippen LogP contribution >= 0.6 is 0 Å². The van der Waals surface area contributed by atoms with E-state index in [4.69, 9.17) is 14.6 Å². The summed E-state index contributed by atoms with van der Waals surface area (Å²) in [5, 5.41) is 8.75. The maximum atomic E-state index is 12.6. The Morgan fingerprint density at radius 1 is 0.897 bits per heavy atom. The van der Waals surface area contributed by atoms with Gasteiger partial charge >= 0.3 is 5.97 Å². The van der Waals surface area contributed by atoms with Gasteiger partial charge in [0.25, 0.3) is 0 Å². The molecular weight excluding hydrogens is 368 g/mol. The summed E-state index contributed by atoms with van der Waals surface area (Å²) in [5.74, 6) is 0.282. The van der Waals surface area contributed by atoms with Crippen LogP contribution in [0.5, 0.6) is 5.75 Å². The van der Waals surface area contributed by atoms with Crippen molar-refractivity contribution in [3.05, 3.63) is 71.3 Å². The maximum Gasteiger partial charge on any atom is 0.330 e. The Bertz CT molecular complexity index is 791. The largest absolute Gasteiger partial charge is 0.494 e. The normalized spacial score (nSPS) is 10.8. The van der Waals surface area contributed by atoms with Gasteiger partial charge in [0.15, 0.2) is 5.78 Å². The molecule has 0 aliphatic rings. The van der Waals surface area contributed by atoms with E-state index >= 15 is 0 Å². The van der Waals surface area contributed by atoms with E-state index in [0.717, 1.165) is 37.0 Å². The predicted molar refractivity (Wildman–Crippen MR) is 113 cm³/mol. The van der Waals surface area contributed by atoms with Crippen LogP contribution in [0.15, 0.2) is 54.6 Å². The monoisotopic (exact) mass is 396 g/mol. The number of ether oxygens (including phenoxy) is 2. The van der Waals surface area contributed by atoms with Crippen LogP contribution in [-0.2, 0) is 9.53 Å². The van der Waals surface area contributed by atoms with Crippen molar-refractivity contribution < 1.29 is 24.2 Å². The van der Waals surface area contributed by atoms with Crippen LogP contribution in [0.25, 0.3) is 6.08 Å². The molecule has 0 spiro atoms. The summed E-state index contributed by atoms with van der Waals surface area (Å²) in [5.41, 5.74) is 1.99. The van der Waals surface area contributed by atoms with Crippen LogP contribution in [0.3, 0.4) is 0 Å². The molecule has 0 aromatic heterocycles. The first kappa shape index (κ1) is 22.4. The van der Waals surface area contributed by atoms with E-state index < -0.39 is 0 Å². The third-order valence-electron chi connectivity index (χ3n) is 4.31. The highest BCUT2D eigenvalue weighted by Crippen LogP contribution is 2.17. The first-order chi connectivity index (χ1) is 14.1. The van der Waals surface area contributed by atoms with Crippen LogP contribution in [-0.4, -0.2) is 36.7 Å². The van der Waals surface area contributed by atoms with Crippen LogP contribution < -0.4 is 4.74 Å². The zero-order chi connectivity index (χ0) is 20.9. The molecule has 2 aromatic carbocycles. The maximum absolute atomic E-state index is 12.6. The lowest BCUT2D eigenvalue weighted by Gasteiger charge is -2.07. The number of benzene rings is 2. The molecule has 0 radical (unpaired) electrons. The Kier molecular flexibility index (Phi) is 9.66. The Morgan fingerprint density at radius 2 is 1.52 bits per heavy atom. The van der Waals surface area contributed by atoms with Gasteiger partial charge in [0, 0.05) is 23.8 Å². The van der Waals surface area contributed by atoms with E-state index in [1.54, 1.807) is 61.5 Å². The van der Waals surface area contributed by atoms with Gasteiger partial charge in [0.2, 0.25) is 0 Å². The lowest BCUT2D eigenvalue weighted by Crippen LogP contribution is -2.02. The van der Waals surface area contributed by atoms with E-state index in [0.29, 0.717) is 24.3 Å². The van der Waals surface area contributed by atoms with Crippen molar-refractivity contribution >= 4 is 17.8 Å². The van der Waals surface area contributed by atoms with E-state index in [1.165, 1.54) is 6.08 Å². The van der Waals surface area contributed by atoms with Crippen molar-refractivity contribution in [2.45, 2.75) is 32.6 Å². The average Bonchev–Trinajstić information content (AvgIpc) is 2.75. The molecule has 0 bridgehead atoms. The number of unbranched alkanes of at least 4 members (excludes halogenated alkanes) is 3. The van der Waals surface area contributed by atoms with Crippen molar-refractivity contribution in [3.63, 3.8) is 0 Å². The number of aliphatic hydroxyl groups excluding tert-OH is 1. The SMILES string of the molecule is CCOC(=O)C=Cc1ccc(C(=O)c2ccc(OCCCCCCO)cc2)cc1. The van der Waals surface area contributed by atoms with E-state index in [-0.39, 0.29) is 18.4 Å². The molecule has 0 atom stereocenters. The van der Waals surface area contributed by atoms with Gasteiger partial charge < -0.3 is 14.6 Å². The molecule has 2 aromatic rings. The summed E-state index contributed by atoms with van der Waals surface area (Å²) in [6.07, 6.45) is 6.83. The minimum absolute atomic E-state index is 0.0681. The number of rotatable bonds is 12. The van der Waals surface area contributed by atoms with Crippen molar-refractivity contribution in [2.24, 2.45) is 0 Å². The molecule has 0 fully saturated rings. The number of hydrogen-bond donors (Lipinski definition) is 1. The van der Waals surface area contributed by atoms with Gasteiger partial charge in [-0.1, -0.05) is 30.7 Å². The summed E-state index contributed by atoms with van der Waals surface area (Å²) in [6, 6.07) is 14.2. The van der Waals surface area contributed by atoms with Crippen LogP contribution in [0.1, 0.15) is 54.1 Å². The summed E-state index contributed by atoms with van der Waals surface area (Å²) < 4.78 is 10.5. The summed E-state index contributed by atoms with van der Waals surface area (Å²) >= 11 is 0. The van der Waals surface area contributed by atoms with Crippen molar-refractivity contribution in [2.75, 3.05) is 19.8 Å². The zero-order valence-corrected chi connectivity index (χ0v) is 16.8. The van der Waals surface area contributed by atoms with Gasteiger partial charge in [-0.25, -0.2) is 4.79 Å². The zero-order valence-electron chi connectivity index (χ0n) is 16.8. The summed E-state index contributed by atoms with van der Waals surface area (Å²) in [4.78, 5) is 24.0. The first-order valence-corrected chi connectivity index (χ1v) is 9.97. The number of esters is 1. The number of hydrogen-bond acceptors (Lipinski definition) is 5. The van der Waals surface area contributed by atoms with Gasteiger partial charge in [-0.15, -0.1) is 0 Å². The summed E-state index contributed by atoms with van der Waals surface area (Å²) in [6.45, 7) is 2.96. The molecule has 0 heterocycles. The van der Waals surface area contributed by atoms with Crippen LogP contribution in [0, 0.1) is 0 Å². The number of ketones is 1. The fourth-order valence-corrected chi connectivity index (χ4v) is 2.73. The number of carbonyl (C=O) groups excluding carboxylic acids is 2. The van der Waals surface area contributed by atoms with Crippen molar-refractivity contribution in [1.82, 2.24) is 0 Å². The van der Waals surface area contributed by atoms with Gasteiger partial charge in [-0.05, 0) is 62.1 Å². The standard InChI is InChI=1S/C24H28O5/c1-2-28-23(26)16-9-19-7-10-20(11-8-19)24(27)21-12-14-22(15-13-21)29-18-6-4-3-5-17-25/h7-16,25H,2-6,17-18H2,1H3. The molecule has 2 rings (SSSR count). The highest BCUT2D eigenvalue weighted by molar-refractivity contribution is 6.09. The number of carbonyl (C=O) groups is 2. The average molecular weight is 396 g/mol. The van der Waals surface area contributed by atoms with Crippen molar-refractivity contribution in [3.8, 4) is 5.75 Å². The molecular formula is C24H28O5. The smallest absolute Gasteiger partial charge is 0.330 e. The topological polar surface area (TPSA) is 72.8 Å². The number of aliphatic hydroxyl groups is 1. The minimum atomic E-state index is -0.389. The quantitative estimate of drug-likeness (QED) is 0.249. The Hall–Kier alpha value is -2.92. The second-order valence-corrected chi connectivity index (χ2v) is 6.55. The van der Waals surface area contributed by atoms with E-state index in [2.05, 4.69) is 0 Å². The van der Waals surface area contributed by atoms with E-state index in [9.17, 15) is 9.59 Å². The highest BCUT2D eigenvalue weighted by Gasteiger charge is 2.09. The van der Waals surface area contributed by atoms with Crippen molar-refractivity contribution in [1.29, 1.82) is 0 Å². The van der Waals surface area contributed by atoms with Gasteiger partial charge in [0.1, 0.15) is 5.75 Å². The molecule has 154 valence electrons. The fraction of sp³-hybridized carbons (Fsp3) is 0.333. The predicted octanol–water partition coefficient (Wildman–Crippen LogP) is 4.43. The molecule has 5 nitrogen and oxygen atoms in total. The van der Waals surface area contributed by atoms with Gasteiger partial charge in [0.05, 0.1) is 13.2 Å². The first-order valence-electron chi connectivity index (χ1n) is 9.97. The third-order valence-corrected chi connectivity index (χ3v) is 4.31. The minimum Gasteiger partial charge on any atom is -0.494 e. The fourth-order valence-electron chi connectivity index (χ4n) is 2.73. The third kappa shape index (κ3) is 7.92. The molecule has 5 heteroatoms. The lowest BCUT2D eigenvalue weighted by atomic mass is 10.0.